The van der Waals surface area contributed by atoms with Gasteiger partial charge < -0.3 is 4.90 Å². The van der Waals surface area contributed by atoms with E-state index in [9.17, 15) is 8.42 Å². The van der Waals surface area contributed by atoms with E-state index in [0.29, 0.717) is 11.6 Å². The molecular weight excluding hydrogens is 367 g/mol. The van der Waals surface area contributed by atoms with E-state index in [1.807, 2.05) is 49.3 Å². The van der Waals surface area contributed by atoms with Gasteiger partial charge in [0.1, 0.15) is 0 Å². The first kappa shape index (κ1) is 19.2. The molecule has 1 unspecified atom stereocenters. The zero-order valence-corrected chi connectivity index (χ0v) is 15.9. The van der Waals surface area contributed by atoms with E-state index in [2.05, 4.69) is 4.72 Å². The number of likely N-dealkylation sites (N-methyl/N-ethyl adjacent to an activating group) is 1. The molecule has 2 aromatic rings. The normalized spacial score (nSPS) is 13.2. The lowest BCUT2D eigenvalue weighted by Crippen LogP contribution is -2.41. The van der Waals surface area contributed by atoms with Crippen molar-refractivity contribution in [2.45, 2.75) is 17.4 Å². The number of hydrogen-bond acceptors (Lipinski definition) is 3. The Morgan fingerprint density at radius 3 is 2.29 bits per heavy atom. The molecule has 2 rings (SSSR count). The summed E-state index contributed by atoms with van der Waals surface area (Å²) >= 11 is 11.7. The first-order valence-corrected chi connectivity index (χ1v) is 9.68. The predicted molar refractivity (Wildman–Crippen MR) is 99.3 cm³/mol. The van der Waals surface area contributed by atoms with Crippen molar-refractivity contribution in [3.8, 4) is 0 Å². The summed E-state index contributed by atoms with van der Waals surface area (Å²) in [5, 5.41) is 0.541. The molecule has 0 aromatic heterocycles. The van der Waals surface area contributed by atoms with Gasteiger partial charge in [0.2, 0.25) is 10.0 Å². The van der Waals surface area contributed by atoms with Crippen LogP contribution < -0.4 is 4.72 Å². The summed E-state index contributed by atoms with van der Waals surface area (Å²) in [6.07, 6.45) is 0.748. The Balaban J connectivity index is 2.09. The number of nitrogens with zero attached hydrogens (tertiary/aromatic N) is 1. The van der Waals surface area contributed by atoms with Crippen LogP contribution in [0.3, 0.4) is 0 Å². The third-order valence-corrected chi connectivity index (χ3v) is 5.92. The number of nitrogens with one attached hydrogen (secondary N) is 1. The molecule has 0 aliphatic heterocycles. The van der Waals surface area contributed by atoms with Gasteiger partial charge in [-0.3, -0.25) is 0 Å². The molecule has 0 saturated carbocycles. The molecule has 1 atom stereocenters. The van der Waals surface area contributed by atoms with Crippen LogP contribution in [0.2, 0.25) is 10.0 Å². The maximum atomic E-state index is 12.4. The minimum Gasteiger partial charge on any atom is -0.305 e. The maximum Gasteiger partial charge on any atom is 0.240 e. The van der Waals surface area contributed by atoms with Crippen LogP contribution in [0.5, 0.6) is 0 Å². The average molecular weight is 387 g/mol. The van der Waals surface area contributed by atoms with Crippen molar-refractivity contribution in [2.24, 2.45) is 0 Å². The molecule has 0 heterocycles. The van der Waals surface area contributed by atoms with Crippen molar-refractivity contribution < 1.29 is 8.42 Å². The van der Waals surface area contributed by atoms with Gasteiger partial charge in [-0.25, -0.2) is 13.1 Å². The highest BCUT2D eigenvalue weighted by atomic mass is 35.5. The molecule has 0 aliphatic carbocycles. The number of rotatable bonds is 7. The minimum atomic E-state index is -3.64. The van der Waals surface area contributed by atoms with Gasteiger partial charge in [0, 0.05) is 12.6 Å². The Labute approximate surface area is 153 Å². The summed E-state index contributed by atoms with van der Waals surface area (Å²) in [6, 6.07) is 14.3. The first-order chi connectivity index (χ1) is 11.3. The lowest BCUT2D eigenvalue weighted by Gasteiger charge is -2.24. The third-order valence-electron chi connectivity index (χ3n) is 3.75. The number of benzene rings is 2. The van der Waals surface area contributed by atoms with Crippen LogP contribution in [-0.2, 0) is 16.4 Å². The number of halogens is 2. The van der Waals surface area contributed by atoms with Gasteiger partial charge in [-0.05, 0) is 44.3 Å². The molecular formula is C17H20Cl2N2O2S. The zero-order chi connectivity index (χ0) is 17.7. The van der Waals surface area contributed by atoms with E-state index >= 15 is 0 Å². The van der Waals surface area contributed by atoms with Gasteiger partial charge in [0.05, 0.1) is 14.9 Å². The predicted octanol–water partition coefficient (Wildman–Crippen LogP) is 3.44. The fraction of sp³-hybridized carbons (Fsp3) is 0.294. The van der Waals surface area contributed by atoms with Crippen molar-refractivity contribution in [1.29, 1.82) is 0 Å². The molecule has 1 N–H and O–H groups in total. The number of sulfonamides is 1. The average Bonchev–Trinajstić information content (AvgIpc) is 2.54. The van der Waals surface area contributed by atoms with Crippen LogP contribution >= 0.6 is 23.2 Å². The highest BCUT2D eigenvalue weighted by Crippen LogP contribution is 2.24. The van der Waals surface area contributed by atoms with E-state index in [1.165, 1.54) is 18.2 Å². The molecule has 0 radical (unpaired) electrons. The van der Waals surface area contributed by atoms with E-state index in [4.69, 9.17) is 23.2 Å². The Bertz CT molecular complexity index is 780. The zero-order valence-electron chi connectivity index (χ0n) is 13.5. The van der Waals surface area contributed by atoms with Crippen molar-refractivity contribution in [1.82, 2.24) is 9.62 Å². The van der Waals surface area contributed by atoms with Crippen LogP contribution in [0.4, 0.5) is 0 Å². The second-order valence-corrected chi connectivity index (χ2v) is 8.32. The maximum absolute atomic E-state index is 12.4. The highest BCUT2D eigenvalue weighted by molar-refractivity contribution is 7.89. The monoisotopic (exact) mass is 386 g/mol. The van der Waals surface area contributed by atoms with Crippen LogP contribution in [-0.4, -0.2) is 40.0 Å². The highest BCUT2D eigenvalue weighted by Gasteiger charge is 2.19. The van der Waals surface area contributed by atoms with E-state index in [1.54, 1.807) is 0 Å². The molecule has 4 nitrogen and oxygen atoms in total. The molecule has 7 heteroatoms. The Morgan fingerprint density at radius 1 is 1.04 bits per heavy atom. The van der Waals surface area contributed by atoms with Crippen molar-refractivity contribution in [2.75, 3.05) is 20.6 Å². The van der Waals surface area contributed by atoms with Gasteiger partial charge in [-0.2, -0.15) is 0 Å². The standard InChI is InChI=1S/C17H20Cl2N2O2S/c1-21(2)14(10-13-6-4-3-5-7-13)12-20-24(22,23)15-8-9-16(18)17(19)11-15/h3-9,11,14,20H,10,12H2,1-2H3. The molecule has 0 fully saturated rings. The quantitative estimate of drug-likeness (QED) is 0.792. The lowest BCUT2D eigenvalue weighted by molar-refractivity contribution is 0.291. The molecule has 0 saturated heterocycles. The first-order valence-electron chi connectivity index (χ1n) is 7.44. The van der Waals surface area contributed by atoms with E-state index in [0.717, 1.165) is 12.0 Å². The van der Waals surface area contributed by atoms with Crippen LogP contribution in [0.15, 0.2) is 53.4 Å². The fourth-order valence-corrected chi connectivity index (χ4v) is 3.72. The van der Waals surface area contributed by atoms with Crippen LogP contribution in [0.1, 0.15) is 5.56 Å². The topological polar surface area (TPSA) is 49.4 Å². The fourth-order valence-electron chi connectivity index (χ4n) is 2.26. The molecule has 0 spiro atoms. The van der Waals surface area contributed by atoms with Gasteiger partial charge in [0.25, 0.3) is 0 Å². The largest absolute Gasteiger partial charge is 0.305 e. The van der Waals surface area contributed by atoms with Gasteiger partial charge in [0.15, 0.2) is 0 Å². The minimum absolute atomic E-state index is 0.0324. The summed E-state index contributed by atoms with van der Waals surface area (Å²) in [4.78, 5) is 2.11. The smallest absolute Gasteiger partial charge is 0.240 e. The second-order valence-electron chi connectivity index (χ2n) is 5.73. The Morgan fingerprint density at radius 2 is 1.71 bits per heavy atom. The van der Waals surface area contributed by atoms with Crippen molar-refractivity contribution in [3.63, 3.8) is 0 Å². The van der Waals surface area contributed by atoms with Crippen LogP contribution in [0, 0.1) is 0 Å². The summed E-state index contributed by atoms with van der Waals surface area (Å²) in [6.45, 7) is 0.296. The molecule has 0 amide bonds. The molecule has 0 bridgehead atoms. The van der Waals surface area contributed by atoms with Crippen molar-refractivity contribution >= 4 is 33.2 Å². The molecule has 2 aromatic carbocycles. The van der Waals surface area contributed by atoms with Crippen LogP contribution in [0.25, 0.3) is 0 Å². The van der Waals surface area contributed by atoms with Crippen molar-refractivity contribution in [3.05, 3.63) is 64.1 Å². The third kappa shape index (κ3) is 5.19. The Hall–Kier alpha value is -1.11. The van der Waals surface area contributed by atoms with Gasteiger partial charge in [-0.15, -0.1) is 0 Å². The molecule has 0 aliphatic rings. The summed E-state index contributed by atoms with van der Waals surface area (Å²) in [7, 11) is 0.223. The lowest BCUT2D eigenvalue weighted by atomic mass is 10.1. The summed E-state index contributed by atoms with van der Waals surface area (Å²) < 4.78 is 27.5. The van der Waals surface area contributed by atoms with E-state index < -0.39 is 10.0 Å². The van der Waals surface area contributed by atoms with Gasteiger partial charge >= 0.3 is 0 Å². The van der Waals surface area contributed by atoms with Gasteiger partial charge in [-0.1, -0.05) is 53.5 Å². The Kier molecular flexibility index (Phi) is 6.66. The van der Waals surface area contributed by atoms with E-state index in [-0.39, 0.29) is 16.0 Å². The summed E-state index contributed by atoms with van der Waals surface area (Å²) in [5.74, 6) is 0. The summed E-state index contributed by atoms with van der Waals surface area (Å²) in [5.41, 5.74) is 1.16. The molecule has 24 heavy (non-hydrogen) atoms. The number of hydrogen-bond donors (Lipinski definition) is 1. The SMILES string of the molecule is CN(C)C(CNS(=O)(=O)c1ccc(Cl)c(Cl)c1)Cc1ccccc1. The molecule has 130 valence electrons. The second kappa shape index (κ2) is 8.32.